The number of hydrogen-bond acceptors (Lipinski definition) is 4. The van der Waals surface area contributed by atoms with Crippen molar-refractivity contribution >= 4 is 50.8 Å². The minimum atomic E-state index is -3.92. The summed E-state index contributed by atoms with van der Waals surface area (Å²) >= 11 is 18.0. The standard InChI is InChI=1S/C19H16Cl3NO4S/c1-2-27-19(24)15-9-10-23(18(15)12-3-8-16(21)17(22)11-12)28(25,26)14-6-4-13(20)5-7-14/h3-9,11,18H,2,10H2,1H3. The molecule has 0 saturated carbocycles. The van der Waals surface area contributed by atoms with Crippen LogP contribution < -0.4 is 0 Å². The number of carbonyl (C=O) groups excluding carboxylic acids is 1. The first-order chi connectivity index (χ1) is 13.3. The fraction of sp³-hybridized carbons (Fsp3) is 0.211. The van der Waals surface area contributed by atoms with Gasteiger partial charge in [-0.2, -0.15) is 4.31 Å². The summed E-state index contributed by atoms with van der Waals surface area (Å²) < 4.78 is 32.8. The summed E-state index contributed by atoms with van der Waals surface area (Å²) in [7, 11) is -3.92. The normalized spacial score (nSPS) is 17.4. The molecule has 0 aromatic heterocycles. The number of halogens is 3. The molecule has 0 amide bonds. The number of rotatable bonds is 5. The molecular formula is C19H16Cl3NO4S. The predicted octanol–water partition coefficient (Wildman–Crippen LogP) is 4.88. The Morgan fingerprint density at radius 3 is 2.39 bits per heavy atom. The molecule has 1 aliphatic rings. The molecule has 0 spiro atoms. The van der Waals surface area contributed by atoms with E-state index >= 15 is 0 Å². The molecule has 9 heteroatoms. The maximum Gasteiger partial charge on any atom is 0.335 e. The van der Waals surface area contributed by atoms with Crippen LogP contribution in [0.3, 0.4) is 0 Å². The van der Waals surface area contributed by atoms with Crippen LogP contribution >= 0.6 is 34.8 Å². The van der Waals surface area contributed by atoms with Gasteiger partial charge in [-0.1, -0.05) is 46.9 Å². The Labute approximate surface area is 178 Å². The minimum absolute atomic E-state index is 0.0179. The number of ether oxygens (including phenoxy) is 1. The van der Waals surface area contributed by atoms with Crippen molar-refractivity contribution in [3.63, 3.8) is 0 Å². The first-order valence-corrected chi connectivity index (χ1v) is 10.9. The molecule has 0 fully saturated rings. The molecule has 3 rings (SSSR count). The Hall–Kier alpha value is -1.57. The molecule has 2 aromatic rings. The lowest BCUT2D eigenvalue weighted by molar-refractivity contribution is -0.138. The number of nitrogens with zero attached hydrogens (tertiary/aromatic N) is 1. The molecule has 0 bridgehead atoms. The van der Waals surface area contributed by atoms with Crippen LogP contribution in [0.4, 0.5) is 0 Å². The second-order valence-electron chi connectivity index (χ2n) is 5.98. The van der Waals surface area contributed by atoms with Crippen molar-refractivity contribution in [3.8, 4) is 0 Å². The quantitative estimate of drug-likeness (QED) is 0.596. The van der Waals surface area contributed by atoms with Crippen molar-refractivity contribution in [2.24, 2.45) is 0 Å². The maximum atomic E-state index is 13.2. The highest BCUT2D eigenvalue weighted by Gasteiger charge is 2.41. The van der Waals surface area contributed by atoms with Crippen molar-refractivity contribution in [1.82, 2.24) is 4.31 Å². The van der Waals surface area contributed by atoms with Crippen LogP contribution in [-0.4, -0.2) is 31.8 Å². The van der Waals surface area contributed by atoms with Crippen LogP contribution in [0.25, 0.3) is 0 Å². The Morgan fingerprint density at radius 1 is 1.11 bits per heavy atom. The number of carbonyl (C=O) groups is 1. The third kappa shape index (κ3) is 4.07. The van der Waals surface area contributed by atoms with E-state index in [0.29, 0.717) is 15.6 Å². The number of esters is 1. The van der Waals surface area contributed by atoms with E-state index < -0.39 is 22.0 Å². The SMILES string of the molecule is CCOC(=O)C1=CCN(S(=O)(=O)c2ccc(Cl)cc2)C1c1ccc(Cl)c(Cl)c1. The van der Waals surface area contributed by atoms with Gasteiger partial charge in [0.25, 0.3) is 0 Å². The van der Waals surface area contributed by atoms with Crippen molar-refractivity contribution in [3.05, 3.63) is 74.7 Å². The third-order valence-electron chi connectivity index (χ3n) is 4.26. The average Bonchev–Trinajstić information content (AvgIpc) is 3.10. The van der Waals surface area contributed by atoms with Gasteiger partial charge in [0.05, 0.1) is 33.2 Å². The minimum Gasteiger partial charge on any atom is -0.463 e. The first-order valence-electron chi connectivity index (χ1n) is 8.35. The third-order valence-corrected chi connectivity index (χ3v) is 7.10. The van der Waals surface area contributed by atoms with Crippen molar-refractivity contribution in [2.45, 2.75) is 17.9 Å². The summed E-state index contributed by atoms with van der Waals surface area (Å²) in [6.07, 6.45) is 1.55. The topological polar surface area (TPSA) is 63.7 Å². The summed E-state index contributed by atoms with van der Waals surface area (Å²) in [5.41, 5.74) is 0.751. The van der Waals surface area contributed by atoms with Gasteiger partial charge >= 0.3 is 5.97 Å². The highest BCUT2D eigenvalue weighted by Crippen LogP contribution is 2.40. The van der Waals surface area contributed by atoms with Gasteiger partial charge in [-0.05, 0) is 48.9 Å². The Morgan fingerprint density at radius 2 is 1.79 bits per heavy atom. The number of benzene rings is 2. The molecule has 1 heterocycles. The van der Waals surface area contributed by atoms with Gasteiger partial charge < -0.3 is 4.74 Å². The molecule has 0 aliphatic carbocycles. The van der Waals surface area contributed by atoms with Gasteiger partial charge in [-0.25, -0.2) is 13.2 Å². The fourth-order valence-corrected chi connectivity index (χ4v) is 4.94. The van der Waals surface area contributed by atoms with Crippen LogP contribution in [0.2, 0.25) is 15.1 Å². The van der Waals surface area contributed by atoms with Gasteiger partial charge in [0.2, 0.25) is 10.0 Å². The van der Waals surface area contributed by atoms with Crippen LogP contribution in [0, 0.1) is 0 Å². The molecule has 1 unspecified atom stereocenters. The first kappa shape index (κ1) is 21.1. The largest absolute Gasteiger partial charge is 0.463 e. The van der Waals surface area contributed by atoms with E-state index in [2.05, 4.69) is 0 Å². The van der Waals surface area contributed by atoms with Crippen LogP contribution in [-0.2, 0) is 19.6 Å². The van der Waals surface area contributed by atoms with Crippen LogP contribution in [0.5, 0.6) is 0 Å². The van der Waals surface area contributed by atoms with E-state index in [9.17, 15) is 13.2 Å². The summed E-state index contributed by atoms with van der Waals surface area (Å²) in [4.78, 5) is 12.5. The lowest BCUT2D eigenvalue weighted by Gasteiger charge is -2.26. The molecule has 0 radical (unpaired) electrons. The zero-order valence-corrected chi connectivity index (χ0v) is 17.8. The van der Waals surface area contributed by atoms with Gasteiger partial charge in [-0.3, -0.25) is 0 Å². The maximum absolute atomic E-state index is 13.2. The van der Waals surface area contributed by atoms with Crippen molar-refractivity contribution in [1.29, 1.82) is 0 Å². The van der Waals surface area contributed by atoms with E-state index in [1.807, 2.05) is 0 Å². The average molecular weight is 461 g/mol. The van der Waals surface area contributed by atoms with E-state index in [4.69, 9.17) is 39.5 Å². The molecule has 1 atom stereocenters. The molecule has 0 N–H and O–H groups in total. The van der Waals surface area contributed by atoms with E-state index in [1.54, 1.807) is 31.2 Å². The molecule has 28 heavy (non-hydrogen) atoms. The Kier molecular flexibility index (Phi) is 6.37. The van der Waals surface area contributed by atoms with Gasteiger partial charge in [-0.15, -0.1) is 0 Å². The second kappa shape index (κ2) is 8.43. The smallest absolute Gasteiger partial charge is 0.335 e. The lowest BCUT2D eigenvalue weighted by atomic mass is 10.0. The Balaban J connectivity index is 2.08. The molecule has 1 aliphatic heterocycles. The molecule has 5 nitrogen and oxygen atoms in total. The fourth-order valence-electron chi connectivity index (χ4n) is 2.98. The summed E-state index contributed by atoms with van der Waals surface area (Å²) in [5.74, 6) is -0.577. The second-order valence-corrected chi connectivity index (χ2v) is 9.13. The van der Waals surface area contributed by atoms with E-state index in [0.717, 1.165) is 0 Å². The van der Waals surface area contributed by atoms with Crippen LogP contribution in [0.1, 0.15) is 18.5 Å². The summed E-state index contributed by atoms with van der Waals surface area (Å²) in [6.45, 7) is 1.88. The zero-order chi connectivity index (χ0) is 20.5. The van der Waals surface area contributed by atoms with Crippen molar-refractivity contribution < 1.29 is 17.9 Å². The predicted molar refractivity (Wildman–Crippen MR) is 109 cm³/mol. The summed E-state index contributed by atoms with van der Waals surface area (Å²) in [6, 6.07) is 9.72. The van der Waals surface area contributed by atoms with Gasteiger partial charge in [0, 0.05) is 11.6 Å². The molecular weight excluding hydrogens is 445 g/mol. The number of sulfonamides is 1. The lowest BCUT2D eigenvalue weighted by Crippen LogP contribution is -2.33. The summed E-state index contributed by atoms with van der Waals surface area (Å²) in [5, 5.41) is 1.02. The highest BCUT2D eigenvalue weighted by atomic mass is 35.5. The highest BCUT2D eigenvalue weighted by molar-refractivity contribution is 7.89. The van der Waals surface area contributed by atoms with Gasteiger partial charge in [0.1, 0.15) is 0 Å². The molecule has 2 aromatic carbocycles. The zero-order valence-electron chi connectivity index (χ0n) is 14.7. The van der Waals surface area contributed by atoms with Crippen molar-refractivity contribution in [2.75, 3.05) is 13.2 Å². The molecule has 0 saturated heterocycles. The molecule has 148 valence electrons. The van der Waals surface area contributed by atoms with Crippen LogP contribution in [0.15, 0.2) is 59.0 Å². The Bertz CT molecular complexity index is 1040. The van der Waals surface area contributed by atoms with E-state index in [-0.39, 0.29) is 28.6 Å². The van der Waals surface area contributed by atoms with E-state index in [1.165, 1.54) is 28.6 Å². The monoisotopic (exact) mass is 459 g/mol. The van der Waals surface area contributed by atoms with Gasteiger partial charge in [0.15, 0.2) is 0 Å². The number of hydrogen-bond donors (Lipinski definition) is 0.